The lowest BCUT2D eigenvalue weighted by Crippen LogP contribution is -2.15. The van der Waals surface area contributed by atoms with Gasteiger partial charge >= 0.3 is 0 Å². The highest BCUT2D eigenvalue weighted by atomic mass is 35.5. The van der Waals surface area contributed by atoms with E-state index in [4.69, 9.17) is 11.6 Å². The average Bonchev–Trinajstić information content (AvgIpc) is 3.11. The monoisotopic (exact) mass is 261 g/mol. The molecule has 1 aliphatic carbocycles. The fraction of sp³-hybridized carbons (Fsp3) is 0.357. The molecule has 0 aliphatic heterocycles. The van der Waals surface area contributed by atoms with E-state index in [0.717, 1.165) is 22.8 Å². The van der Waals surface area contributed by atoms with Crippen LogP contribution in [0.25, 0.3) is 11.3 Å². The Morgan fingerprint density at radius 3 is 2.72 bits per heavy atom. The second-order valence-electron chi connectivity index (χ2n) is 4.84. The fourth-order valence-electron chi connectivity index (χ4n) is 2.06. The van der Waals surface area contributed by atoms with Crippen molar-refractivity contribution in [3.05, 3.63) is 41.0 Å². The first kappa shape index (κ1) is 11.8. The molecule has 1 aromatic carbocycles. The molecule has 0 bridgehead atoms. The van der Waals surface area contributed by atoms with Crippen LogP contribution in [0.3, 0.4) is 0 Å². The van der Waals surface area contributed by atoms with Gasteiger partial charge in [-0.1, -0.05) is 23.7 Å². The summed E-state index contributed by atoms with van der Waals surface area (Å²) < 4.78 is 1.87. The first-order chi connectivity index (χ1) is 8.72. The Labute approximate surface area is 112 Å². The molecule has 3 nitrogen and oxygen atoms in total. The Balaban J connectivity index is 1.86. The summed E-state index contributed by atoms with van der Waals surface area (Å²) in [4.78, 5) is 0. The highest BCUT2D eigenvalue weighted by molar-refractivity contribution is 6.30. The lowest BCUT2D eigenvalue weighted by molar-refractivity contribution is 0.687. The largest absolute Gasteiger partial charge is 0.310 e. The van der Waals surface area contributed by atoms with E-state index in [-0.39, 0.29) is 0 Å². The van der Waals surface area contributed by atoms with Gasteiger partial charge in [0.05, 0.1) is 5.69 Å². The maximum absolute atomic E-state index is 5.92. The maximum Gasteiger partial charge on any atom is 0.0968 e. The number of benzene rings is 1. The van der Waals surface area contributed by atoms with Crippen LogP contribution >= 0.6 is 11.6 Å². The van der Waals surface area contributed by atoms with Crippen LogP contribution in [0, 0.1) is 0 Å². The fourth-order valence-corrected chi connectivity index (χ4v) is 2.19. The molecule has 1 aliphatic rings. The number of aryl methyl sites for hydroxylation is 1. The summed E-state index contributed by atoms with van der Waals surface area (Å²) in [5.41, 5.74) is 3.40. The standard InChI is InChI=1S/C14H16ClN3/c1-18-9-11(8-16-13-6-7-13)14(17-18)10-2-4-12(15)5-3-10/h2-5,9,13,16H,6-8H2,1H3. The molecule has 0 spiro atoms. The zero-order valence-electron chi connectivity index (χ0n) is 10.4. The van der Waals surface area contributed by atoms with Crippen molar-refractivity contribution in [2.24, 2.45) is 7.05 Å². The van der Waals surface area contributed by atoms with E-state index >= 15 is 0 Å². The van der Waals surface area contributed by atoms with Crippen LogP contribution in [-0.2, 0) is 13.6 Å². The van der Waals surface area contributed by atoms with Crippen LogP contribution in [-0.4, -0.2) is 15.8 Å². The summed E-state index contributed by atoms with van der Waals surface area (Å²) in [5.74, 6) is 0. The van der Waals surface area contributed by atoms with Gasteiger partial charge in [0.1, 0.15) is 0 Å². The molecule has 1 saturated carbocycles. The van der Waals surface area contributed by atoms with Gasteiger partial charge in [-0.25, -0.2) is 0 Å². The van der Waals surface area contributed by atoms with Crippen molar-refractivity contribution < 1.29 is 0 Å². The minimum Gasteiger partial charge on any atom is -0.310 e. The van der Waals surface area contributed by atoms with Gasteiger partial charge in [-0.3, -0.25) is 4.68 Å². The molecular formula is C14H16ClN3. The predicted octanol–water partition coefficient (Wildman–Crippen LogP) is 2.99. The summed E-state index contributed by atoms with van der Waals surface area (Å²) >= 11 is 5.92. The molecule has 4 heteroatoms. The van der Waals surface area contributed by atoms with Crippen molar-refractivity contribution in [1.82, 2.24) is 15.1 Å². The topological polar surface area (TPSA) is 29.9 Å². The molecule has 0 saturated heterocycles. The van der Waals surface area contributed by atoms with Crippen molar-refractivity contribution in [3.63, 3.8) is 0 Å². The van der Waals surface area contributed by atoms with Crippen LogP contribution in [0.2, 0.25) is 5.02 Å². The zero-order chi connectivity index (χ0) is 12.5. The molecule has 94 valence electrons. The van der Waals surface area contributed by atoms with Crippen LogP contribution in [0.15, 0.2) is 30.5 Å². The van der Waals surface area contributed by atoms with Crippen LogP contribution in [0.4, 0.5) is 0 Å². The van der Waals surface area contributed by atoms with E-state index in [1.54, 1.807) is 0 Å². The van der Waals surface area contributed by atoms with Crippen LogP contribution < -0.4 is 5.32 Å². The molecule has 0 atom stereocenters. The van der Waals surface area contributed by atoms with E-state index < -0.39 is 0 Å². The minimum absolute atomic E-state index is 0.711. The number of halogens is 1. The van der Waals surface area contributed by atoms with Gasteiger partial charge < -0.3 is 5.32 Å². The van der Waals surface area contributed by atoms with E-state index in [2.05, 4.69) is 16.6 Å². The molecule has 2 aromatic rings. The Kier molecular flexibility index (Phi) is 3.10. The number of hydrogen-bond acceptors (Lipinski definition) is 2. The third-order valence-electron chi connectivity index (χ3n) is 3.18. The quantitative estimate of drug-likeness (QED) is 0.917. The molecule has 0 radical (unpaired) electrons. The second-order valence-corrected chi connectivity index (χ2v) is 5.28. The Morgan fingerprint density at radius 1 is 1.33 bits per heavy atom. The molecule has 0 unspecified atom stereocenters. The number of nitrogens with zero attached hydrogens (tertiary/aromatic N) is 2. The number of hydrogen-bond donors (Lipinski definition) is 1. The molecule has 1 fully saturated rings. The summed E-state index contributed by atoms with van der Waals surface area (Å²) in [6, 6.07) is 8.56. The second kappa shape index (κ2) is 4.75. The third-order valence-corrected chi connectivity index (χ3v) is 3.43. The lowest BCUT2D eigenvalue weighted by atomic mass is 10.1. The molecule has 3 rings (SSSR count). The lowest BCUT2D eigenvalue weighted by Gasteiger charge is -2.03. The van der Waals surface area contributed by atoms with E-state index in [1.807, 2.05) is 36.0 Å². The molecule has 1 aromatic heterocycles. The van der Waals surface area contributed by atoms with Gasteiger partial charge in [-0.05, 0) is 25.0 Å². The highest BCUT2D eigenvalue weighted by Gasteiger charge is 2.21. The van der Waals surface area contributed by atoms with Gasteiger partial charge in [0.2, 0.25) is 0 Å². The molecular weight excluding hydrogens is 246 g/mol. The molecule has 1 heterocycles. The van der Waals surface area contributed by atoms with Crippen LogP contribution in [0.1, 0.15) is 18.4 Å². The Hall–Kier alpha value is -1.32. The summed E-state index contributed by atoms with van der Waals surface area (Å²) in [5, 5.41) is 8.83. The van der Waals surface area contributed by atoms with Gasteiger partial charge in [-0.2, -0.15) is 5.10 Å². The predicted molar refractivity (Wildman–Crippen MR) is 73.5 cm³/mol. The van der Waals surface area contributed by atoms with E-state index in [1.165, 1.54) is 18.4 Å². The van der Waals surface area contributed by atoms with E-state index in [9.17, 15) is 0 Å². The van der Waals surface area contributed by atoms with Gasteiger partial charge in [-0.15, -0.1) is 0 Å². The van der Waals surface area contributed by atoms with Gasteiger partial charge in [0, 0.05) is 42.0 Å². The normalized spacial score (nSPS) is 15.0. The highest BCUT2D eigenvalue weighted by Crippen LogP contribution is 2.25. The van der Waals surface area contributed by atoms with Crippen molar-refractivity contribution >= 4 is 11.6 Å². The molecule has 1 N–H and O–H groups in total. The zero-order valence-corrected chi connectivity index (χ0v) is 11.1. The Bertz CT molecular complexity index is 541. The smallest absolute Gasteiger partial charge is 0.0968 e. The van der Waals surface area contributed by atoms with Crippen molar-refractivity contribution in [1.29, 1.82) is 0 Å². The number of rotatable bonds is 4. The SMILES string of the molecule is Cn1cc(CNC2CC2)c(-c2ccc(Cl)cc2)n1. The van der Waals surface area contributed by atoms with Crippen molar-refractivity contribution in [2.75, 3.05) is 0 Å². The van der Waals surface area contributed by atoms with E-state index in [0.29, 0.717) is 6.04 Å². The maximum atomic E-state index is 5.92. The molecule has 0 amide bonds. The third kappa shape index (κ3) is 2.57. The van der Waals surface area contributed by atoms with Crippen LogP contribution in [0.5, 0.6) is 0 Å². The van der Waals surface area contributed by atoms with Gasteiger partial charge in [0.25, 0.3) is 0 Å². The van der Waals surface area contributed by atoms with Crippen molar-refractivity contribution in [3.8, 4) is 11.3 Å². The Morgan fingerprint density at radius 2 is 2.06 bits per heavy atom. The molecule has 18 heavy (non-hydrogen) atoms. The number of nitrogens with one attached hydrogen (secondary N) is 1. The van der Waals surface area contributed by atoms with Crippen molar-refractivity contribution in [2.45, 2.75) is 25.4 Å². The summed E-state index contributed by atoms with van der Waals surface area (Å²) in [7, 11) is 1.96. The van der Waals surface area contributed by atoms with Gasteiger partial charge in [0.15, 0.2) is 0 Å². The first-order valence-electron chi connectivity index (χ1n) is 6.24. The summed E-state index contributed by atoms with van der Waals surface area (Å²) in [6.45, 7) is 0.885. The number of aromatic nitrogens is 2. The first-order valence-corrected chi connectivity index (χ1v) is 6.62. The average molecular weight is 262 g/mol. The summed E-state index contributed by atoms with van der Waals surface area (Å²) in [6.07, 6.45) is 4.69. The minimum atomic E-state index is 0.711.